The molecule has 0 aliphatic heterocycles. The van der Waals surface area contributed by atoms with E-state index in [-0.39, 0.29) is 11.4 Å². The molecule has 138 valence electrons. The van der Waals surface area contributed by atoms with Gasteiger partial charge in [-0.15, -0.1) is 0 Å². The van der Waals surface area contributed by atoms with Gasteiger partial charge in [-0.1, -0.05) is 31.7 Å². The zero-order chi connectivity index (χ0) is 17.7. The summed E-state index contributed by atoms with van der Waals surface area (Å²) in [6.45, 7) is 0.668. The number of urea groups is 1. The van der Waals surface area contributed by atoms with Gasteiger partial charge < -0.3 is 20.1 Å². The summed E-state index contributed by atoms with van der Waals surface area (Å²) < 4.78 is 10.7. The third-order valence-electron chi connectivity index (χ3n) is 5.63. The highest BCUT2D eigenvalue weighted by Crippen LogP contribution is 2.49. The summed E-state index contributed by atoms with van der Waals surface area (Å²) >= 11 is 0. The lowest BCUT2D eigenvalue weighted by Gasteiger charge is -2.21. The van der Waals surface area contributed by atoms with Gasteiger partial charge in [0.05, 0.1) is 14.2 Å². The molecule has 3 rings (SSSR count). The quantitative estimate of drug-likeness (QED) is 0.771. The molecule has 0 radical (unpaired) electrons. The number of hydrogen-bond acceptors (Lipinski definition) is 3. The van der Waals surface area contributed by atoms with Crippen molar-refractivity contribution in [2.45, 2.75) is 62.8 Å². The molecule has 2 N–H and O–H groups in total. The Kier molecular flexibility index (Phi) is 5.71. The van der Waals surface area contributed by atoms with Crippen molar-refractivity contribution < 1.29 is 14.3 Å². The summed E-state index contributed by atoms with van der Waals surface area (Å²) in [6, 6.07) is 6.37. The molecule has 1 aromatic rings. The van der Waals surface area contributed by atoms with Crippen molar-refractivity contribution in [3.05, 3.63) is 23.8 Å². The average molecular weight is 346 g/mol. The van der Waals surface area contributed by atoms with Crippen molar-refractivity contribution in [1.82, 2.24) is 10.6 Å². The molecule has 0 spiro atoms. The van der Waals surface area contributed by atoms with E-state index in [1.807, 2.05) is 12.1 Å². The highest BCUT2D eigenvalue weighted by atomic mass is 16.5. The van der Waals surface area contributed by atoms with Crippen molar-refractivity contribution in [1.29, 1.82) is 0 Å². The number of carbonyl (C=O) groups is 1. The van der Waals surface area contributed by atoms with Crippen molar-refractivity contribution in [3.8, 4) is 11.5 Å². The van der Waals surface area contributed by atoms with Crippen LogP contribution in [0.2, 0.25) is 0 Å². The number of rotatable bonds is 6. The Balaban J connectivity index is 1.56. The van der Waals surface area contributed by atoms with E-state index in [0.717, 1.165) is 37.2 Å². The smallest absolute Gasteiger partial charge is 0.315 e. The molecule has 1 aromatic carbocycles. The number of nitrogens with one attached hydrogen (secondary N) is 2. The van der Waals surface area contributed by atoms with Gasteiger partial charge in [-0.2, -0.15) is 0 Å². The number of benzene rings is 1. The van der Waals surface area contributed by atoms with Gasteiger partial charge in [-0.05, 0) is 43.4 Å². The maximum absolute atomic E-state index is 12.3. The second kappa shape index (κ2) is 7.98. The van der Waals surface area contributed by atoms with Crippen LogP contribution in [0.1, 0.15) is 56.9 Å². The van der Waals surface area contributed by atoms with Gasteiger partial charge in [0.1, 0.15) is 0 Å². The normalized spacial score (nSPS) is 19.6. The molecule has 2 amide bonds. The molecular formula is C20H30N2O3. The summed E-state index contributed by atoms with van der Waals surface area (Å²) in [5.74, 6) is 1.48. The molecule has 0 bridgehead atoms. The zero-order valence-corrected chi connectivity index (χ0v) is 15.4. The Hall–Kier alpha value is -1.91. The van der Waals surface area contributed by atoms with Crippen LogP contribution < -0.4 is 20.1 Å². The maximum Gasteiger partial charge on any atom is 0.315 e. The van der Waals surface area contributed by atoms with Crippen LogP contribution in [0.25, 0.3) is 0 Å². The maximum atomic E-state index is 12.3. The summed E-state index contributed by atoms with van der Waals surface area (Å²) in [4.78, 5) is 12.3. The molecular weight excluding hydrogens is 316 g/mol. The predicted molar refractivity (Wildman–Crippen MR) is 98.5 cm³/mol. The lowest BCUT2D eigenvalue weighted by molar-refractivity contribution is 0.234. The fourth-order valence-corrected chi connectivity index (χ4v) is 3.79. The van der Waals surface area contributed by atoms with E-state index in [2.05, 4.69) is 16.7 Å². The van der Waals surface area contributed by atoms with Crippen molar-refractivity contribution >= 4 is 6.03 Å². The van der Waals surface area contributed by atoms with Gasteiger partial charge in [0.2, 0.25) is 0 Å². The molecule has 5 heteroatoms. The van der Waals surface area contributed by atoms with Crippen molar-refractivity contribution in [2.75, 3.05) is 20.8 Å². The van der Waals surface area contributed by atoms with E-state index in [4.69, 9.17) is 9.47 Å². The number of ether oxygens (including phenoxy) is 2. The van der Waals surface area contributed by atoms with E-state index in [1.54, 1.807) is 14.2 Å². The van der Waals surface area contributed by atoms with Crippen LogP contribution in [0.5, 0.6) is 11.5 Å². The lowest BCUT2D eigenvalue weighted by Crippen LogP contribution is -2.44. The molecule has 0 atom stereocenters. The summed E-state index contributed by atoms with van der Waals surface area (Å²) in [7, 11) is 3.30. The highest BCUT2D eigenvalue weighted by Gasteiger charge is 2.44. The Morgan fingerprint density at radius 1 is 1.08 bits per heavy atom. The molecule has 2 fully saturated rings. The van der Waals surface area contributed by atoms with E-state index in [9.17, 15) is 4.79 Å². The van der Waals surface area contributed by atoms with Crippen LogP contribution in [-0.2, 0) is 5.41 Å². The van der Waals surface area contributed by atoms with Gasteiger partial charge >= 0.3 is 6.03 Å². The van der Waals surface area contributed by atoms with Gasteiger partial charge in [0, 0.05) is 18.0 Å². The standard InChI is InChI=1S/C20H30N2O3/c1-24-17-10-9-15(13-18(17)25-2)20(11-12-20)14-21-19(23)22-16-7-5-3-4-6-8-16/h9-10,13,16H,3-8,11-12,14H2,1-2H3,(H2,21,22,23). The van der Waals surface area contributed by atoms with Crippen LogP contribution in [0.4, 0.5) is 4.79 Å². The van der Waals surface area contributed by atoms with Crippen LogP contribution in [0.3, 0.4) is 0 Å². The number of carbonyl (C=O) groups excluding carboxylic acids is 1. The van der Waals surface area contributed by atoms with Crippen molar-refractivity contribution in [2.24, 2.45) is 0 Å². The van der Waals surface area contributed by atoms with E-state index >= 15 is 0 Å². The molecule has 0 unspecified atom stereocenters. The molecule has 0 aromatic heterocycles. The summed E-state index contributed by atoms with van der Waals surface area (Å²) in [5.41, 5.74) is 1.25. The molecule has 2 aliphatic carbocycles. The van der Waals surface area contributed by atoms with Gasteiger partial charge in [0.25, 0.3) is 0 Å². The second-order valence-electron chi connectivity index (χ2n) is 7.37. The second-order valence-corrected chi connectivity index (χ2v) is 7.37. The lowest BCUT2D eigenvalue weighted by atomic mass is 9.95. The molecule has 2 aliphatic rings. The Morgan fingerprint density at radius 3 is 2.36 bits per heavy atom. The SMILES string of the molecule is COc1ccc(C2(CNC(=O)NC3CCCCCC3)CC2)cc1OC. The fraction of sp³-hybridized carbons (Fsp3) is 0.650. The average Bonchev–Trinajstić information content (AvgIpc) is 3.45. The van der Waals surface area contributed by atoms with Crippen LogP contribution in [0, 0.1) is 0 Å². The summed E-state index contributed by atoms with van der Waals surface area (Å²) in [5, 5.41) is 6.25. The molecule has 2 saturated carbocycles. The van der Waals surface area contributed by atoms with Gasteiger partial charge in [0.15, 0.2) is 11.5 Å². The minimum Gasteiger partial charge on any atom is -0.493 e. The Morgan fingerprint density at radius 2 is 1.76 bits per heavy atom. The monoisotopic (exact) mass is 346 g/mol. The first-order valence-electron chi connectivity index (χ1n) is 9.44. The van der Waals surface area contributed by atoms with Crippen LogP contribution in [0.15, 0.2) is 18.2 Å². The largest absolute Gasteiger partial charge is 0.493 e. The number of amides is 2. The van der Waals surface area contributed by atoms with E-state index in [0.29, 0.717) is 12.6 Å². The van der Waals surface area contributed by atoms with Gasteiger partial charge in [-0.25, -0.2) is 4.79 Å². The van der Waals surface area contributed by atoms with E-state index in [1.165, 1.54) is 31.2 Å². The number of hydrogen-bond donors (Lipinski definition) is 2. The highest BCUT2D eigenvalue weighted by molar-refractivity contribution is 5.74. The molecule has 5 nitrogen and oxygen atoms in total. The fourth-order valence-electron chi connectivity index (χ4n) is 3.79. The van der Waals surface area contributed by atoms with Crippen LogP contribution >= 0.6 is 0 Å². The zero-order valence-electron chi connectivity index (χ0n) is 15.4. The van der Waals surface area contributed by atoms with E-state index < -0.39 is 0 Å². The molecule has 0 heterocycles. The number of methoxy groups -OCH3 is 2. The first kappa shape index (κ1) is 17.9. The minimum absolute atomic E-state index is 0.0290. The Labute approximate surface area is 150 Å². The molecule has 25 heavy (non-hydrogen) atoms. The van der Waals surface area contributed by atoms with Crippen LogP contribution in [-0.4, -0.2) is 32.8 Å². The third kappa shape index (κ3) is 4.39. The topological polar surface area (TPSA) is 59.6 Å². The van der Waals surface area contributed by atoms with Gasteiger partial charge in [-0.3, -0.25) is 0 Å². The molecule has 0 saturated heterocycles. The third-order valence-corrected chi connectivity index (χ3v) is 5.63. The summed E-state index contributed by atoms with van der Waals surface area (Å²) in [6.07, 6.45) is 9.42. The first-order valence-corrected chi connectivity index (χ1v) is 9.44. The van der Waals surface area contributed by atoms with Crippen molar-refractivity contribution in [3.63, 3.8) is 0 Å². The predicted octanol–water partition coefficient (Wildman–Crippen LogP) is 3.76. The Bertz CT molecular complexity index is 591. The minimum atomic E-state index is -0.0290. The first-order chi connectivity index (χ1) is 12.2.